The molecule has 3 heterocycles. The van der Waals surface area contributed by atoms with Gasteiger partial charge in [0.2, 0.25) is 11.8 Å². The molecule has 3 fully saturated rings. The summed E-state index contributed by atoms with van der Waals surface area (Å²) in [5, 5.41) is 25.9. The number of oxime groups is 1. The number of nitrogens with zero attached hydrogens (tertiary/aromatic N) is 4. The topological polar surface area (TPSA) is 126 Å². The van der Waals surface area contributed by atoms with Gasteiger partial charge in [0.05, 0.1) is 28.0 Å². The van der Waals surface area contributed by atoms with E-state index in [1.54, 1.807) is 12.1 Å². The monoisotopic (exact) mass is 488 g/mol. The molecule has 5 aliphatic rings. The molecule has 2 amide bonds. The van der Waals surface area contributed by atoms with E-state index in [0.29, 0.717) is 28.3 Å². The van der Waals surface area contributed by atoms with Crippen LogP contribution in [0.15, 0.2) is 29.4 Å². The second-order valence-corrected chi connectivity index (χ2v) is 11.1. The number of thiophene rings is 1. The van der Waals surface area contributed by atoms with Crippen LogP contribution in [-0.2, 0) is 27.3 Å². The largest absolute Gasteiger partial charge is 0.391 e. The Labute approximate surface area is 204 Å². The summed E-state index contributed by atoms with van der Waals surface area (Å²) in [6, 6.07) is 8.57. The Morgan fingerprint density at radius 1 is 1.14 bits per heavy atom. The molecule has 6 atom stereocenters. The SMILES string of the molecule is N#Cc1c(N2C(=O)[C@@H]3[C@H]4C[C@@H]([C@H]5C(c6cccc([N+](=O)[O-])c6)=NO[C@@H]45)[C@H]3C2=O)sc2c1CCCC2. The predicted octanol–water partition coefficient (Wildman–Crippen LogP) is 3.58. The lowest BCUT2D eigenvalue weighted by Gasteiger charge is -2.29. The van der Waals surface area contributed by atoms with Crippen LogP contribution in [0.3, 0.4) is 0 Å². The van der Waals surface area contributed by atoms with Crippen LogP contribution in [0.1, 0.15) is 40.8 Å². The summed E-state index contributed by atoms with van der Waals surface area (Å²) in [6.07, 6.45) is 4.12. The first kappa shape index (κ1) is 20.8. The molecule has 10 heteroatoms. The van der Waals surface area contributed by atoms with Gasteiger partial charge in [0.15, 0.2) is 0 Å². The molecular weight excluding hydrogens is 468 g/mol. The lowest BCUT2D eigenvalue weighted by atomic mass is 9.71. The van der Waals surface area contributed by atoms with Gasteiger partial charge in [-0.2, -0.15) is 5.26 Å². The molecule has 0 N–H and O–H groups in total. The molecule has 3 aliphatic carbocycles. The van der Waals surface area contributed by atoms with Crippen molar-refractivity contribution < 1.29 is 19.3 Å². The van der Waals surface area contributed by atoms with Crippen molar-refractivity contribution in [2.75, 3.05) is 4.90 Å². The van der Waals surface area contributed by atoms with Gasteiger partial charge in [0, 0.05) is 34.4 Å². The van der Waals surface area contributed by atoms with Gasteiger partial charge < -0.3 is 4.84 Å². The molecule has 0 unspecified atom stereocenters. The number of nitro benzene ring substituents is 1. The number of hydrogen-bond acceptors (Lipinski definition) is 8. The summed E-state index contributed by atoms with van der Waals surface area (Å²) in [5.74, 6) is -1.87. The minimum Gasteiger partial charge on any atom is -0.391 e. The summed E-state index contributed by atoms with van der Waals surface area (Å²) >= 11 is 1.42. The van der Waals surface area contributed by atoms with E-state index in [1.807, 2.05) is 0 Å². The van der Waals surface area contributed by atoms with Crippen LogP contribution in [-0.4, -0.2) is 28.6 Å². The van der Waals surface area contributed by atoms with Crippen molar-refractivity contribution in [2.45, 2.75) is 38.2 Å². The van der Waals surface area contributed by atoms with Gasteiger partial charge >= 0.3 is 0 Å². The summed E-state index contributed by atoms with van der Waals surface area (Å²) < 4.78 is 0. The number of carbonyl (C=O) groups is 2. The number of amides is 2. The van der Waals surface area contributed by atoms with Gasteiger partial charge in [0.25, 0.3) is 5.69 Å². The lowest BCUT2D eigenvalue weighted by Crippen LogP contribution is -2.41. The number of rotatable bonds is 3. The highest BCUT2D eigenvalue weighted by molar-refractivity contribution is 7.17. The lowest BCUT2D eigenvalue weighted by molar-refractivity contribution is -0.384. The van der Waals surface area contributed by atoms with Gasteiger partial charge in [-0.25, -0.2) is 4.90 Å². The molecule has 9 nitrogen and oxygen atoms in total. The molecule has 7 rings (SSSR count). The smallest absolute Gasteiger partial charge is 0.270 e. The molecule has 35 heavy (non-hydrogen) atoms. The highest BCUT2D eigenvalue weighted by Crippen LogP contribution is 2.62. The Morgan fingerprint density at radius 2 is 1.91 bits per heavy atom. The molecule has 2 bridgehead atoms. The quantitative estimate of drug-likeness (QED) is 0.369. The Hall–Kier alpha value is -3.58. The minimum atomic E-state index is -0.481. The molecule has 0 radical (unpaired) electrons. The number of imide groups is 1. The predicted molar refractivity (Wildman–Crippen MR) is 125 cm³/mol. The van der Waals surface area contributed by atoms with Gasteiger partial charge in [-0.1, -0.05) is 17.3 Å². The average Bonchev–Trinajstić information content (AvgIpc) is 3.65. The van der Waals surface area contributed by atoms with Crippen LogP contribution in [0.25, 0.3) is 0 Å². The van der Waals surface area contributed by atoms with Gasteiger partial charge in [-0.3, -0.25) is 19.7 Å². The summed E-state index contributed by atoms with van der Waals surface area (Å²) in [6.45, 7) is 0. The zero-order valence-electron chi connectivity index (χ0n) is 18.5. The number of nitro groups is 1. The molecule has 2 aromatic rings. The molecule has 176 valence electrons. The van der Waals surface area contributed by atoms with Crippen molar-refractivity contribution in [3.63, 3.8) is 0 Å². The van der Waals surface area contributed by atoms with Crippen molar-refractivity contribution in [2.24, 2.45) is 34.7 Å². The van der Waals surface area contributed by atoms with Crippen LogP contribution in [0.4, 0.5) is 10.7 Å². The van der Waals surface area contributed by atoms with Crippen molar-refractivity contribution in [3.8, 4) is 6.07 Å². The van der Waals surface area contributed by atoms with E-state index in [1.165, 1.54) is 28.4 Å². The van der Waals surface area contributed by atoms with Crippen LogP contribution in [0.5, 0.6) is 0 Å². The van der Waals surface area contributed by atoms with Crippen LogP contribution >= 0.6 is 11.3 Å². The molecule has 2 aliphatic heterocycles. The zero-order chi connectivity index (χ0) is 24.0. The van der Waals surface area contributed by atoms with Crippen molar-refractivity contribution >= 4 is 39.6 Å². The first-order valence-electron chi connectivity index (χ1n) is 11.9. The van der Waals surface area contributed by atoms with E-state index in [-0.39, 0.29) is 41.4 Å². The maximum Gasteiger partial charge on any atom is 0.270 e. The number of hydrogen-bond donors (Lipinski definition) is 0. The number of anilines is 1. The second-order valence-electron chi connectivity index (χ2n) is 10.0. The zero-order valence-corrected chi connectivity index (χ0v) is 19.4. The molecule has 0 spiro atoms. The number of nitriles is 1. The summed E-state index contributed by atoms with van der Waals surface area (Å²) in [4.78, 5) is 46.5. The van der Waals surface area contributed by atoms with Crippen LogP contribution in [0.2, 0.25) is 0 Å². The molecular formula is C25H20N4O5S. The highest BCUT2D eigenvalue weighted by Gasteiger charge is 2.70. The molecule has 1 aromatic carbocycles. The number of aryl methyl sites for hydroxylation is 1. The molecule has 1 aromatic heterocycles. The van der Waals surface area contributed by atoms with Crippen molar-refractivity contribution in [1.82, 2.24) is 0 Å². The van der Waals surface area contributed by atoms with Crippen molar-refractivity contribution in [3.05, 3.63) is 55.9 Å². The van der Waals surface area contributed by atoms with E-state index in [0.717, 1.165) is 36.1 Å². The first-order chi connectivity index (χ1) is 17.0. The fourth-order valence-corrected chi connectivity index (χ4v) is 8.52. The number of carbonyl (C=O) groups excluding carboxylic acids is 2. The van der Waals surface area contributed by atoms with Gasteiger partial charge in [-0.05, 0) is 43.6 Å². The third-order valence-electron chi connectivity index (χ3n) is 8.51. The minimum absolute atomic E-state index is 0.0290. The number of non-ortho nitro benzene ring substituents is 1. The second kappa shape index (κ2) is 7.21. The van der Waals surface area contributed by atoms with E-state index in [4.69, 9.17) is 4.84 Å². The maximum atomic E-state index is 13.8. The fourth-order valence-electron chi connectivity index (χ4n) is 7.17. The van der Waals surface area contributed by atoms with Crippen LogP contribution < -0.4 is 4.90 Å². The first-order valence-corrected chi connectivity index (χ1v) is 12.7. The third kappa shape index (κ3) is 2.64. The molecule has 2 saturated carbocycles. The standard InChI is InChI=1S/C25H20N4O5S/c26-10-16-13-6-1-2-7-17(13)35-25(16)28-23(30)18-14-9-15(19(18)24(28)31)22-20(14)21(27-34-22)11-4-3-5-12(8-11)29(32)33/h3-5,8,14-15,18-20,22H,1-2,6-7,9H2/t14-,15-,18-,19-,20+,22+/m1/s1. The van der Waals surface area contributed by atoms with E-state index < -0.39 is 16.8 Å². The van der Waals surface area contributed by atoms with Gasteiger partial charge in [-0.15, -0.1) is 11.3 Å². The van der Waals surface area contributed by atoms with E-state index >= 15 is 0 Å². The molecule has 1 saturated heterocycles. The highest BCUT2D eigenvalue weighted by atomic mass is 32.1. The average molecular weight is 489 g/mol. The summed E-state index contributed by atoms with van der Waals surface area (Å²) in [7, 11) is 0. The normalized spacial score (nSPS) is 32.1. The maximum absolute atomic E-state index is 13.8. The van der Waals surface area contributed by atoms with Gasteiger partial charge in [0.1, 0.15) is 17.2 Å². The van der Waals surface area contributed by atoms with E-state index in [2.05, 4.69) is 11.2 Å². The Bertz CT molecular complexity index is 1410. The summed E-state index contributed by atoms with van der Waals surface area (Å²) in [5.41, 5.74) is 2.68. The number of benzene rings is 1. The number of fused-ring (bicyclic) bond motifs is 9. The Kier molecular flexibility index (Phi) is 4.28. The van der Waals surface area contributed by atoms with E-state index in [9.17, 15) is 25.0 Å². The van der Waals surface area contributed by atoms with Crippen LogP contribution in [0, 0.1) is 51.0 Å². The Morgan fingerprint density at radius 3 is 2.69 bits per heavy atom. The Balaban J connectivity index is 1.24. The fraction of sp³-hybridized carbons (Fsp3) is 0.440. The third-order valence-corrected chi connectivity index (χ3v) is 9.79. The van der Waals surface area contributed by atoms with Crippen molar-refractivity contribution in [1.29, 1.82) is 5.26 Å².